The predicted molar refractivity (Wildman–Crippen MR) is 188 cm³/mol. The van der Waals surface area contributed by atoms with Crippen LogP contribution in [0.5, 0.6) is 11.5 Å². The summed E-state index contributed by atoms with van der Waals surface area (Å²) in [5.41, 5.74) is 1.73. The maximum atomic E-state index is 12.7. The number of methoxy groups -OCH3 is 2. The second-order valence-corrected chi connectivity index (χ2v) is 13.5. The first-order valence-electron chi connectivity index (χ1n) is 14.5. The molecule has 0 radical (unpaired) electrons. The van der Waals surface area contributed by atoms with Crippen LogP contribution in [-0.4, -0.2) is 32.5 Å². The number of non-ortho nitro benzene ring substituents is 2. The van der Waals surface area contributed by atoms with Crippen molar-refractivity contribution in [1.29, 1.82) is 0 Å². The Morgan fingerprint density at radius 2 is 1.02 bits per heavy atom. The number of ether oxygens (including phenoxy) is 2. The fourth-order valence-electron chi connectivity index (χ4n) is 5.17. The molecule has 0 atom stereocenters. The molecule has 0 aliphatic rings. The maximum absolute atomic E-state index is 12.7. The molecule has 0 aliphatic carbocycles. The predicted octanol–water partition coefficient (Wildman–Crippen LogP) is 8.78. The molecule has 12 heteroatoms. The molecule has 6 aromatic carbocycles. The zero-order valence-electron chi connectivity index (χ0n) is 25.9. The summed E-state index contributed by atoms with van der Waals surface area (Å²) >= 11 is 1.70. The molecule has 0 unspecified atom stereocenters. The van der Waals surface area contributed by atoms with E-state index < -0.39 is 14.8 Å². The molecule has 0 amide bonds. The van der Waals surface area contributed by atoms with Gasteiger partial charge in [-0.2, -0.15) is 0 Å². The van der Waals surface area contributed by atoms with Crippen LogP contribution < -0.4 is 9.47 Å². The quantitative estimate of drug-likeness (QED) is 0.0788. The zero-order chi connectivity index (χ0) is 34.3. The number of nitro benzene ring substituents is 2. The third-order valence-corrected chi connectivity index (χ3v) is 10.3. The van der Waals surface area contributed by atoms with E-state index in [1.165, 1.54) is 31.4 Å². The van der Waals surface area contributed by atoms with Gasteiger partial charge in [-0.15, -0.1) is 11.8 Å². The van der Waals surface area contributed by atoms with Gasteiger partial charge in [0.05, 0.1) is 45.5 Å². The van der Waals surface area contributed by atoms with Crippen LogP contribution >= 0.6 is 11.8 Å². The van der Waals surface area contributed by atoms with E-state index in [0.29, 0.717) is 27.5 Å². The topological polar surface area (TPSA) is 139 Å². The number of nitrogens with zero attached hydrogens (tertiary/aromatic N) is 2. The van der Waals surface area contributed by atoms with Gasteiger partial charge < -0.3 is 9.47 Å². The largest absolute Gasteiger partial charge is 0.497 e. The highest BCUT2D eigenvalue weighted by Crippen LogP contribution is 2.33. The van der Waals surface area contributed by atoms with E-state index in [9.17, 15) is 28.6 Å². The Kier molecular flexibility index (Phi) is 10.6. The van der Waals surface area contributed by atoms with E-state index >= 15 is 0 Å². The Balaban J connectivity index is 0.000000188. The van der Waals surface area contributed by atoms with Crippen molar-refractivity contribution in [2.24, 2.45) is 0 Å². The van der Waals surface area contributed by atoms with Crippen LogP contribution in [0.3, 0.4) is 0 Å². The minimum Gasteiger partial charge on any atom is -0.497 e. The third-order valence-electron chi connectivity index (χ3n) is 7.59. The van der Waals surface area contributed by atoms with Crippen molar-refractivity contribution in [1.82, 2.24) is 0 Å². The molecule has 0 heterocycles. The summed E-state index contributed by atoms with van der Waals surface area (Å²) in [6.45, 7) is 0. The normalized spacial score (nSPS) is 11.0. The van der Waals surface area contributed by atoms with Gasteiger partial charge in [0, 0.05) is 22.8 Å². The molecule has 0 N–H and O–H groups in total. The van der Waals surface area contributed by atoms with Gasteiger partial charge in [-0.3, -0.25) is 20.2 Å². The highest BCUT2D eigenvalue weighted by atomic mass is 32.2. The first kappa shape index (κ1) is 33.9. The molecule has 0 bridgehead atoms. The molecule has 48 heavy (non-hydrogen) atoms. The van der Waals surface area contributed by atoms with E-state index in [1.54, 1.807) is 67.4 Å². The van der Waals surface area contributed by atoms with Crippen LogP contribution in [0.15, 0.2) is 131 Å². The lowest BCUT2D eigenvalue weighted by atomic mass is 10.0. The zero-order valence-corrected chi connectivity index (χ0v) is 27.6. The summed E-state index contributed by atoms with van der Waals surface area (Å²) in [7, 11) is -0.438. The van der Waals surface area contributed by atoms with Crippen LogP contribution in [0.1, 0.15) is 11.1 Å². The number of hydrogen-bond donors (Lipinski definition) is 0. The number of thioether (sulfide) groups is 1. The Hall–Kier alpha value is -5.46. The van der Waals surface area contributed by atoms with Gasteiger partial charge >= 0.3 is 0 Å². The number of fused-ring (bicyclic) bond motifs is 2. The summed E-state index contributed by atoms with van der Waals surface area (Å²) in [5.74, 6) is 1.91. The van der Waals surface area contributed by atoms with Crippen LogP contribution in [0.4, 0.5) is 11.4 Å². The molecule has 6 aromatic rings. The fraction of sp³-hybridized carbons (Fsp3) is 0.111. The molecule has 0 aromatic heterocycles. The van der Waals surface area contributed by atoms with Crippen LogP contribution in [-0.2, 0) is 21.3 Å². The van der Waals surface area contributed by atoms with Crippen molar-refractivity contribution in [2.45, 2.75) is 21.3 Å². The third kappa shape index (κ3) is 7.73. The number of nitro groups is 2. The highest BCUT2D eigenvalue weighted by molar-refractivity contribution is 7.98. The first-order chi connectivity index (χ1) is 23.1. The van der Waals surface area contributed by atoms with Gasteiger partial charge in [0.2, 0.25) is 0 Å². The number of rotatable bonds is 10. The van der Waals surface area contributed by atoms with Gasteiger partial charge in [0.15, 0.2) is 9.84 Å². The van der Waals surface area contributed by atoms with Crippen molar-refractivity contribution in [3.63, 3.8) is 0 Å². The van der Waals surface area contributed by atoms with Crippen molar-refractivity contribution >= 4 is 54.5 Å². The number of benzene rings is 6. The maximum Gasteiger partial charge on any atom is 0.277 e. The molecule has 0 saturated carbocycles. The Labute approximate surface area is 281 Å². The Bertz CT molecular complexity index is 2210. The van der Waals surface area contributed by atoms with Gasteiger partial charge in [-0.1, -0.05) is 48.5 Å². The number of sulfone groups is 1. The molecular formula is C36H30N2O8S2. The summed E-state index contributed by atoms with van der Waals surface area (Å²) in [6, 6.07) is 34.5. The Morgan fingerprint density at radius 1 is 0.583 bits per heavy atom. The van der Waals surface area contributed by atoms with Crippen molar-refractivity contribution in [3.8, 4) is 11.5 Å². The molecule has 0 saturated heterocycles. The van der Waals surface area contributed by atoms with E-state index in [1.807, 2.05) is 48.5 Å². The van der Waals surface area contributed by atoms with Crippen LogP contribution in [0.2, 0.25) is 0 Å². The molecular weight excluding hydrogens is 653 g/mol. The second kappa shape index (κ2) is 15.0. The van der Waals surface area contributed by atoms with E-state index in [4.69, 9.17) is 9.47 Å². The monoisotopic (exact) mass is 682 g/mol. The minimum atomic E-state index is -3.59. The first-order valence-corrected chi connectivity index (χ1v) is 17.2. The van der Waals surface area contributed by atoms with Gasteiger partial charge in [-0.25, -0.2) is 8.42 Å². The fourth-order valence-corrected chi connectivity index (χ4v) is 7.45. The van der Waals surface area contributed by atoms with E-state index in [2.05, 4.69) is 0 Å². The molecule has 0 spiro atoms. The van der Waals surface area contributed by atoms with Crippen molar-refractivity contribution in [2.75, 3.05) is 14.2 Å². The number of hydrogen-bond acceptors (Lipinski definition) is 9. The van der Waals surface area contributed by atoms with Crippen LogP contribution in [0, 0.1) is 20.2 Å². The van der Waals surface area contributed by atoms with Crippen molar-refractivity contribution in [3.05, 3.63) is 153 Å². The van der Waals surface area contributed by atoms with Gasteiger partial charge in [0.1, 0.15) is 11.5 Å². The summed E-state index contributed by atoms with van der Waals surface area (Å²) in [6.07, 6.45) is 0. The van der Waals surface area contributed by atoms with Gasteiger partial charge in [-0.05, 0) is 82.6 Å². The van der Waals surface area contributed by atoms with Crippen molar-refractivity contribution < 1.29 is 27.7 Å². The molecule has 0 fully saturated rings. The summed E-state index contributed by atoms with van der Waals surface area (Å²) in [5, 5.41) is 24.9. The highest BCUT2D eigenvalue weighted by Gasteiger charge is 2.20. The lowest BCUT2D eigenvalue weighted by molar-refractivity contribution is -0.383. The molecule has 10 nitrogen and oxygen atoms in total. The molecule has 0 aliphatic heterocycles. The minimum absolute atomic E-state index is 0.0406. The second-order valence-electron chi connectivity index (χ2n) is 10.5. The SMILES string of the molecule is COc1ccc(S(=O)(=O)Cc2ccc([N+](=O)[O-])c3ccccc23)cc1.COc1ccc(SCc2ccc([N+](=O)[O-])c3ccccc23)cc1. The van der Waals surface area contributed by atoms with Gasteiger partial charge in [0.25, 0.3) is 11.4 Å². The Morgan fingerprint density at radius 3 is 1.50 bits per heavy atom. The van der Waals surface area contributed by atoms with E-state index in [-0.39, 0.29) is 26.9 Å². The smallest absolute Gasteiger partial charge is 0.277 e. The molecule has 6 rings (SSSR count). The standard InChI is InChI=1S/C18H15NO5S.C18H15NO3S/c1-24-14-7-9-15(10-8-14)25(22,23)12-13-6-11-18(19(20)21)17-5-3-2-4-16(13)17;1-22-14-7-9-15(10-8-14)23-12-13-6-11-18(19(20)21)17-5-3-2-4-16(13)17/h2-11H,12H2,1H3;2-11H,12H2,1H3. The lowest BCUT2D eigenvalue weighted by Gasteiger charge is -2.09. The van der Waals surface area contributed by atoms with Crippen LogP contribution in [0.25, 0.3) is 21.5 Å². The van der Waals surface area contributed by atoms with E-state index in [0.717, 1.165) is 27.3 Å². The summed E-state index contributed by atoms with van der Waals surface area (Å²) in [4.78, 5) is 22.8. The average Bonchev–Trinajstić information content (AvgIpc) is 3.11. The lowest BCUT2D eigenvalue weighted by Crippen LogP contribution is -2.06. The summed E-state index contributed by atoms with van der Waals surface area (Å²) < 4.78 is 35.6. The molecule has 244 valence electrons. The average molecular weight is 683 g/mol.